The van der Waals surface area contributed by atoms with Crippen LogP contribution in [-0.4, -0.2) is 46.6 Å². The number of piperidine rings is 1. The molecule has 1 aromatic carbocycles. The number of carbonyl (C=O) groups is 2. The minimum Gasteiger partial charge on any atom is -0.490 e. The molecule has 2 N–H and O–H groups in total. The molecule has 1 aliphatic heterocycles. The van der Waals surface area contributed by atoms with Crippen LogP contribution < -0.4 is 10.1 Å². The number of para-hydroxylation sites is 1. The molecular formula is C19H26N2O4. The van der Waals surface area contributed by atoms with Gasteiger partial charge in [0.25, 0.3) is 5.91 Å². The molecule has 0 bridgehead atoms. The first-order valence-corrected chi connectivity index (χ1v) is 8.99. The van der Waals surface area contributed by atoms with E-state index in [0.717, 1.165) is 24.2 Å². The summed E-state index contributed by atoms with van der Waals surface area (Å²) in [5, 5.41) is 13.5. The predicted molar refractivity (Wildman–Crippen MR) is 93.0 cm³/mol. The van der Waals surface area contributed by atoms with Gasteiger partial charge in [0, 0.05) is 25.6 Å². The van der Waals surface area contributed by atoms with Crippen molar-refractivity contribution in [2.45, 2.75) is 57.3 Å². The quantitative estimate of drug-likeness (QED) is 0.849. The molecule has 0 radical (unpaired) electrons. The second-order valence-electron chi connectivity index (χ2n) is 7.04. The molecular weight excluding hydrogens is 320 g/mol. The van der Waals surface area contributed by atoms with Crippen LogP contribution in [0, 0.1) is 0 Å². The van der Waals surface area contributed by atoms with E-state index in [0.29, 0.717) is 25.9 Å². The van der Waals surface area contributed by atoms with E-state index in [1.54, 1.807) is 0 Å². The highest BCUT2D eigenvalue weighted by molar-refractivity contribution is 5.86. The number of rotatable bonds is 5. The summed E-state index contributed by atoms with van der Waals surface area (Å²) in [6.07, 6.45) is 4.59. The largest absolute Gasteiger partial charge is 0.490 e. The van der Waals surface area contributed by atoms with Crippen LogP contribution in [0.5, 0.6) is 5.75 Å². The summed E-state index contributed by atoms with van der Waals surface area (Å²) >= 11 is 0. The third-order valence-electron chi connectivity index (χ3n) is 5.10. The summed E-state index contributed by atoms with van der Waals surface area (Å²) in [4.78, 5) is 25.6. The lowest BCUT2D eigenvalue weighted by molar-refractivity contribution is -0.150. The molecule has 6 heteroatoms. The van der Waals surface area contributed by atoms with Crippen molar-refractivity contribution in [1.82, 2.24) is 10.2 Å². The highest BCUT2D eigenvalue weighted by atomic mass is 16.5. The predicted octanol–water partition coefficient (Wildman–Crippen LogP) is 1.61. The zero-order chi connectivity index (χ0) is 17.9. The van der Waals surface area contributed by atoms with Crippen molar-refractivity contribution < 1.29 is 19.4 Å². The van der Waals surface area contributed by atoms with Gasteiger partial charge in [0.05, 0.1) is 12.6 Å². The van der Waals surface area contributed by atoms with Gasteiger partial charge in [0.1, 0.15) is 5.75 Å². The van der Waals surface area contributed by atoms with Gasteiger partial charge in [-0.1, -0.05) is 18.2 Å². The van der Waals surface area contributed by atoms with E-state index < -0.39 is 11.5 Å². The van der Waals surface area contributed by atoms with Crippen molar-refractivity contribution in [2.75, 3.05) is 13.1 Å². The van der Waals surface area contributed by atoms with Gasteiger partial charge in [-0.25, -0.2) is 0 Å². The van der Waals surface area contributed by atoms with Crippen molar-refractivity contribution in [3.63, 3.8) is 0 Å². The fourth-order valence-electron chi connectivity index (χ4n) is 3.26. The Labute approximate surface area is 148 Å². The molecule has 2 fully saturated rings. The minimum absolute atomic E-state index is 0.0500. The van der Waals surface area contributed by atoms with Gasteiger partial charge in [-0.15, -0.1) is 0 Å². The third kappa shape index (κ3) is 4.12. The Bertz CT molecular complexity index is 644. The van der Waals surface area contributed by atoms with Gasteiger partial charge in [0.15, 0.2) is 5.60 Å². The van der Waals surface area contributed by atoms with Crippen molar-refractivity contribution in [3.05, 3.63) is 29.8 Å². The average molecular weight is 346 g/mol. The monoisotopic (exact) mass is 346 g/mol. The number of β-amino-alcohol motifs (C(OH)–C–C–N with tert-alkyl or cyclic N) is 1. The summed E-state index contributed by atoms with van der Waals surface area (Å²) in [7, 11) is 0. The summed E-state index contributed by atoms with van der Waals surface area (Å²) in [6, 6.07) is 7.65. The lowest BCUT2D eigenvalue weighted by Crippen LogP contribution is -2.57. The lowest BCUT2D eigenvalue weighted by atomic mass is 9.91. The molecule has 1 aliphatic carbocycles. The zero-order valence-corrected chi connectivity index (χ0v) is 14.7. The van der Waals surface area contributed by atoms with E-state index in [1.165, 1.54) is 18.2 Å². The van der Waals surface area contributed by atoms with Crippen LogP contribution in [0.4, 0.5) is 0 Å². The van der Waals surface area contributed by atoms with Crippen LogP contribution in [0.2, 0.25) is 0 Å². The maximum absolute atomic E-state index is 12.5. The summed E-state index contributed by atoms with van der Waals surface area (Å²) in [5.41, 5.74) is -0.626. The molecule has 136 valence electrons. The second kappa shape index (κ2) is 7.44. The number of nitrogens with zero attached hydrogens (tertiary/aromatic N) is 1. The Kier molecular flexibility index (Phi) is 5.27. The first kappa shape index (κ1) is 17.7. The molecule has 1 atom stereocenters. The van der Waals surface area contributed by atoms with E-state index in [1.807, 2.05) is 24.3 Å². The van der Waals surface area contributed by atoms with Crippen LogP contribution in [0.1, 0.15) is 44.6 Å². The topological polar surface area (TPSA) is 78.9 Å². The van der Waals surface area contributed by atoms with Gasteiger partial charge in [-0.05, 0) is 38.2 Å². The molecule has 0 aromatic heterocycles. The number of ether oxygens (including phenoxy) is 1. The molecule has 3 rings (SSSR count). The van der Waals surface area contributed by atoms with Crippen LogP contribution >= 0.6 is 0 Å². The van der Waals surface area contributed by atoms with E-state index >= 15 is 0 Å². The number of nitrogens with one attached hydrogen (secondary N) is 1. The maximum Gasteiger partial charge on any atom is 0.254 e. The Balaban J connectivity index is 1.61. The van der Waals surface area contributed by atoms with Crippen LogP contribution in [0.3, 0.4) is 0 Å². The summed E-state index contributed by atoms with van der Waals surface area (Å²) in [6.45, 7) is 2.39. The Morgan fingerprint density at radius 2 is 2.08 bits per heavy atom. The second-order valence-corrected chi connectivity index (χ2v) is 7.04. The lowest BCUT2D eigenvalue weighted by Gasteiger charge is -2.37. The van der Waals surface area contributed by atoms with E-state index in [-0.39, 0.29) is 18.6 Å². The van der Waals surface area contributed by atoms with E-state index in [2.05, 4.69) is 5.32 Å². The molecule has 1 saturated carbocycles. The summed E-state index contributed by atoms with van der Waals surface area (Å²) < 4.78 is 5.97. The number of hydrogen-bond donors (Lipinski definition) is 2. The summed E-state index contributed by atoms with van der Waals surface area (Å²) in [5.74, 6) is 0.232. The van der Waals surface area contributed by atoms with Gasteiger partial charge in [-0.2, -0.15) is 0 Å². The number of benzene rings is 1. The molecule has 2 aliphatic rings. The molecule has 2 amide bonds. The Morgan fingerprint density at radius 3 is 2.76 bits per heavy atom. The fraction of sp³-hybridized carbons (Fsp3) is 0.579. The molecule has 1 saturated heterocycles. The van der Waals surface area contributed by atoms with Crippen molar-refractivity contribution in [3.8, 4) is 5.75 Å². The SMILES string of the molecule is CC(=O)N1CCCC(O)(C(=O)NCc2ccccc2OC2CCC2)C1. The van der Waals surface area contributed by atoms with Gasteiger partial charge < -0.3 is 20.1 Å². The third-order valence-corrected chi connectivity index (χ3v) is 5.10. The standard InChI is InChI=1S/C19H26N2O4/c1-14(22)21-11-5-10-19(24,13-21)18(23)20-12-15-6-2-3-9-17(15)25-16-7-4-8-16/h2-3,6,9,16,24H,4-5,7-8,10-13H2,1H3,(H,20,23). The molecule has 1 unspecified atom stereocenters. The number of hydrogen-bond acceptors (Lipinski definition) is 4. The van der Waals surface area contributed by atoms with Crippen LogP contribution in [-0.2, 0) is 16.1 Å². The average Bonchev–Trinajstić information content (AvgIpc) is 2.56. The van der Waals surface area contributed by atoms with Gasteiger partial charge in [0.2, 0.25) is 5.91 Å². The number of likely N-dealkylation sites (tertiary alicyclic amines) is 1. The first-order chi connectivity index (χ1) is 12.0. The fourth-order valence-corrected chi connectivity index (χ4v) is 3.26. The number of aliphatic hydroxyl groups is 1. The highest BCUT2D eigenvalue weighted by Gasteiger charge is 2.40. The number of carbonyl (C=O) groups excluding carboxylic acids is 2. The molecule has 1 aromatic rings. The molecule has 0 spiro atoms. The molecule has 25 heavy (non-hydrogen) atoms. The zero-order valence-electron chi connectivity index (χ0n) is 14.7. The van der Waals surface area contributed by atoms with Crippen molar-refractivity contribution in [2.24, 2.45) is 0 Å². The van der Waals surface area contributed by atoms with E-state index in [9.17, 15) is 14.7 Å². The van der Waals surface area contributed by atoms with Crippen LogP contribution in [0.25, 0.3) is 0 Å². The van der Waals surface area contributed by atoms with Crippen LogP contribution in [0.15, 0.2) is 24.3 Å². The minimum atomic E-state index is -1.52. The molecule has 6 nitrogen and oxygen atoms in total. The van der Waals surface area contributed by atoms with Gasteiger partial charge in [-0.3, -0.25) is 9.59 Å². The molecule has 1 heterocycles. The first-order valence-electron chi connectivity index (χ1n) is 8.99. The van der Waals surface area contributed by atoms with Crippen molar-refractivity contribution >= 4 is 11.8 Å². The smallest absolute Gasteiger partial charge is 0.254 e. The number of amides is 2. The maximum atomic E-state index is 12.5. The Hall–Kier alpha value is -2.08. The highest BCUT2D eigenvalue weighted by Crippen LogP contribution is 2.28. The Morgan fingerprint density at radius 1 is 1.32 bits per heavy atom. The van der Waals surface area contributed by atoms with E-state index in [4.69, 9.17) is 4.74 Å². The normalized spacial score (nSPS) is 23.7. The van der Waals surface area contributed by atoms with Gasteiger partial charge >= 0.3 is 0 Å². The van der Waals surface area contributed by atoms with Crippen molar-refractivity contribution in [1.29, 1.82) is 0 Å².